The van der Waals surface area contributed by atoms with Crippen molar-refractivity contribution >= 4 is 5.82 Å². The fourth-order valence-electron chi connectivity index (χ4n) is 2.12. The number of anilines is 1. The average Bonchev–Trinajstić information content (AvgIpc) is 2.82. The molecule has 0 amide bonds. The highest BCUT2D eigenvalue weighted by Crippen LogP contribution is 2.15. The van der Waals surface area contributed by atoms with Crippen LogP contribution < -0.4 is 11.1 Å². The standard InChI is InChI=1S/C14H28N4/c1-4-13(7-9-15)6-5-10-16-14-8-11-18(17-14)12(2)3/h8,11-13H,4-7,9-10,15H2,1-3H3,(H,16,17). The molecule has 0 spiro atoms. The van der Waals surface area contributed by atoms with Crippen LogP contribution in [0.15, 0.2) is 12.3 Å². The van der Waals surface area contributed by atoms with E-state index in [4.69, 9.17) is 5.73 Å². The molecule has 1 unspecified atom stereocenters. The van der Waals surface area contributed by atoms with Crippen molar-refractivity contribution in [3.8, 4) is 0 Å². The summed E-state index contributed by atoms with van der Waals surface area (Å²) in [5.74, 6) is 1.76. The second kappa shape index (κ2) is 8.14. The molecule has 0 radical (unpaired) electrons. The van der Waals surface area contributed by atoms with E-state index in [0.717, 1.165) is 31.2 Å². The van der Waals surface area contributed by atoms with Crippen LogP contribution in [0, 0.1) is 5.92 Å². The third kappa shape index (κ3) is 5.08. The molecule has 0 bridgehead atoms. The monoisotopic (exact) mass is 252 g/mol. The molecule has 1 atom stereocenters. The molecule has 4 nitrogen and oxygen atoms in total. The van der Waals surface area contributed by atoms with Gasteiger partial charge in [0, 0.05) is 24.8 Å². The number of nitrogens with two attached hydrogens (primary N) is 1. The predicted octanol–water partition coefficient (Wildman–Crippen LogP) is 3.03. The number of aromatic nitrogens is 2. The molecule has 104 valence electrons. The third-order valence-electron chi connectivity index (χ3n) is 3.38. The summed E-state index contributed by atoms with van der Waals surface area (Å²) in [7, 11) is 0. The van der Waals surface area contributed by atoms with Crippen LogP contribution in [0.4, 0.5) is 5.82 Å². The first-order chi connectivity index (χ1) is 8.67. The van der Waals surface area contributed by atoms with Gasteiger partial charge >= 0.3 is 0 Å². The minimum absolute atomic E-state index is 0.426. The Balaban J connectivity index is 2.20. The number of hydrogen-bond acceptors (Lipinski definition) is 3. The summed E-state index contributed by atoms with van der Waals surface area (Å²) in [6.07, 6.45) is 6.85. The van der Waals surface area contributed by atoms with Gasteiger partial charge in [-0.05, 0) is 45.6 Å². The Morgan fingerprint density at radius 2 is 2.17 bits per heavy atom. The summed E-state index contributed by atoms with van der Waals surface area (Å²) >= 11 is 0. The summed E-state index contributed by atoms with van der Waals surface area (Å²) in [6.45, 7) is 8.32. The molecule has 3 N–H and O–H groups in total. The lowest BCUT2D eigenvalue weighted by Gasteiger charge is -2.13. The molecular formula is C14H28N4. The van der Waals surface area contributed by atoms with Gasteiger partial charge < -0.3 is 11.1 Å². The largest absolute Gasteiger partial charge is 0.369 e. The minimum atomic E-state index is 0.426. The van der Waals surface area contributed by atoms with Crippen LogP contribution >= 0.6 is 0 Å². The van der Waals surface area contributed by atoms with E-state index in [1.807, 2.05) is 16.9 Å². The molecule has 0 aliphatic rings. The fraction of sp³-hybridized carbons (Fsp3) is 0.786. The van der Waals surface area contributed by atoms with Gasteiger partial charge in [-0.1, -0.05) is 13.3 Å². The first-order valence-corrected chi connectivity index (χ1v) is 7.16. The van der Waals surface area contributed by atoms with Gasteiger partial charge in [0.15, 0.2) is 0 Å². The lowest BCUT2D eigenvalue weighted by atomic mass is 9.97. The number of nitrogens with one attached hydrogen (secondary N) is 1. The van der Waals surface area contributed by atoms with Crippen molar-refractivity contribution in [3.05, 3.63) is 12.3 Å². The topological polar surface area (TPSA) is 55.9 Å². The second-order valence-corrected chi connectivity index (χ2v) is 5.20. The molecule has 0 aliphatic heterocycles. The molecule has 18 heavy (non-hydrogen) atoms. The molecule has 4 heteroatoms. The van der Waals surface area contributed by atoms with E-state index in [-0.39, 0.29) is 0 Å². The number of nitrogens with zero attached hydrogens (tertiary/aromatic N) is 2. The van der Waals surface area contributed by atoms with Gasteiger partial charge in [0.25, 0.3) is 0 Å². The van der Waals surface area contributed by atoms with Crippen LogP contribution in [0.5, 0.6) is 0 Å². The van der Waals surface area contributed by atoms with Gasteiger partial charge in [-0.2, -0.15) is 5.10 Å². The lowest BCUT2D eigenvalue weighted by molar-refractivity contribution is 0.434. The van der Waals surface area contributed by atoms with E-state index in [9.17, 15) is 0 Å². The molecule has 0 saturated carbocycles. The summed E-state index contributed by atoms with van der Waals surface area (Å²) < 4.78 is 1.98. The molecule has 0 aliphatic carbocycles. The molecule has 1 rings (SSSR count). The van der Waals surface area contributed by atoms with Crippen LogP contribution in [-0.4, -0.2) is 22.9 Å². The summed E-state index contributed by atoms with van der Waals surface area (Å²) in [4.78, 5) is 0. The zero-order valence-corrected chi connectivity index (χ0v) is 12.0. The minimum Gasteiger partial charge on any atom is -0.369 e. The van der Waals surface area contributed by atoms with Crippen LogP contribution in [0.2, 0.25) is 0 Å². The first-order valence-electron chi connectivity index (χ1n) is 7.16. The normalized spacial score (nSPS) is 12.9. The van der Waals surface area contributed by atoms with E-state index < -0.39 is 0 Å². The number of rotatable bonds is 9. The highest BCUT2D eigenvalue weighted by atomic mass is 15.3. The van der Waals surface area contributed by atoms with Gasteiger partial charge in [-0.25, -0.2) is 0 Å². The first kappa shape index (κ1) is 15.0. The Hall–Kier alpha value is -1.03. The SMILES string of the molecule is CCC(CCN)CCCNc1ccn(C(C)C)n1. The Morgan fingerprint density at radius 3 is 2.72 bits per heavy atom. The third-order valence-corrected chi connectivity index (χ3v) is 3.38. The average molecular weight is 252 g/mol. The Bertz CT molecular complexity index is 319. The molecular weight excluding hydrogens is 224 g/mol. The number of hydrogen-bond donors (Lipinski definition) is 2. The van der Waals surface area contributed by atoms with Crippen LogP contribution in [0.3, 0.4) is 0 Å². The highest BCUT2D eigenvalue weighted by Gasteiger charge is 2.05. The van der Waals surface area contributed by atoms with Crippen molar-refractivity contribution in [2.24, 2.45) is 11.7 Å². The van der Waals surface area contributed by atoms with Crippen molar-refractivity contribution in [2.75, 3.05) is 18.4 Å². The van der Waals surface area contributed by atoms with Gasteiger partial charge in [-0.3, -0.25) is 4.68 Å². The fourth-order valence-corrected chi connectivity index (χ4v) is 2.12. The maximum atomic E-state index is 5.60. The van der Waals surface area contributed by atoms with Crippen LogP contribution in [-0.2, 0) is 0 Å². The van der Waals surface area contributed by atoms with Gasteiger partial charge in [-0.15, -0.1) is 0 Å². The zero-order chi connectivity index (χ0) is 13.4. The van der Waals surface area contributed by atoms with Gasteiger partial charge in [0.05, 0.1) is 0 Å². The van der Waals surface area contributed by atoms with E-state index in [0.29, 0.717) is 6.04 Å². The van der Waals surface area contributed by atoms with E-state index in [1.54, 1.807) is 0 Å². The quantitative estimate of drug-likeness (QED) is 0.664. The summed E-state index contributed by atoms with van der Waals surface area (Å²) in [6, 6.07) is 2.46. The van der Waals surface area contributed by atoms with Crippen molar-refractivity contribution in [3.63, 3.8) is 0 Å². The van der Waals surface area contributed by atoms with Gasteiger partial charge in [0.1, 0.15) is 5.82 Å². The maximum absolute atomic E-state index is 5.60. The van der Waals surface area contributed by atoms with Crippen LogP contribution in [0.25, 0.3) is 0 Å². The van der Waals surface area contributed by atoms with E-state index >= 15 is 0 Å². The summed E-state index contributed by atoms with van der Waals surface area (Å²) in [5, 5.41) is 7.85. The van der Waals surface area contributed by atoms with Crippen molar-refractivity contribution in [2.45, 2.75) is 52.5 Å². The Morgan fingerprint density at radius 1 is 1.39 bits per heavy atom. The molecule has 1 aromatic heterocycles. The molecule has 1 aromatic rings. The smallest absolute Gasteiger partial charge is 0.147 e. The zero-order valence-electron chi connectivity index (χ0n) is 12.0. The second-order valence-electron chi connectivity index (χ2n) is 5.20. The van der Waals surface area contributed by atoms with Gasteiger partial charge in [0.2, 0.25) is 0 Å². The highest BCUT2D eigenvalue weighted by molar-refractivity contribution is 5.31. The van der Waals surface area contributed by atoms with Crippen molar-refractivity contribution in [1.82, 2.24) is 9.78 Å². The van der Waals surface area contributed by atoms with Crippen molar-refractivity contribution in [1.29, 1.82) is 0 Å². The summed E-state index contributed by atoms with van der Waals surface area (Å²) in [5.41, 5.74) is 5.60. The predicted molar refractivity (Wildman–Crippen MR) is 77.8 cm³/mol. The Kier molecular flexibility index (Phi) is 6.80. The lowest BCUT2D eigenvalue weighted by Crippen LogP contribution is -2.10. The Labute approximate surface area is 111 Å². The molecule has 0 fully saturated rings. The van der Waals surface area contributed by atoms with E-state index in [1.165, 1.54) is 19.3 Å². The van der Waals surface area contributed by atoms with Crippen molar-refractivity contribution < 1.29 is 0 Å². The maximum Gasteiger partial charge on any atom is 0.147 e. The van der Waals surface area contributed by atoms with Crippen LogP contribution in [0.1, 0.15) is 52.5 Å². The molecule has 0 saturated heterocycles. The molecule has 0 aromatic carbocycles. The van der Waals surface area contributed by atoms with E-state index in [2.05, 4.69) is 31.2 Å². The molecule has 1 heterocycles.